The normalized spacial score (nSPS) is 16.9. The first-order valence-electron chi connectivity index (χ1n) is 7.92. The third kappa shape index (κ3) is 5.74. The minimum atomic E-state index is -0.993. The highest BCUT2D eigenvalue weighted by Crippen LogP contribution is 2.08. The van der Waals surface area contributed by atoms with Gasteiger partial charge in [-0.05, 0) is 6.92 Å². The summed E-state index contributed by atoms with van der Waals surface area (Å²) in [7, 11) is 0. The third-order valence-electron chi connectivity index (χ3n) is 3.98. The van der Waals surface area contributed by atoms with Crippen LogP contribution in [0.5, 0.6) is 0 Å². The standard InChI is InChI=1S/C17H24N2O4/c1-13-2-4-14(5-3-13)16(20)12-15(17(21)22)18-6-7-19-8-10-23-11-9-19/h2-5,15,18H,6-12H2,1H3,(H,21,22)/t15-/m1/s1. The van der Waals surface area contributed by atoms with E-state index in [1.165, 1.54) is 0 Å². The van der Waals surface area contributed by atoms with Gasteiger partial charge >= 0.3 is 5.97 Å². The quantitative estimate of drug-likeness (QED) is 0.694. The number of carbonyl (C=O) groups excluding carboxylic acids is 1. The van der Waals surface area contributed by atoms with Crippen molar-refractivity contribution in [2.24, 2.45) is 0 Å². The summed E-state index contributed by atoms with van der Waals surface area (Å²) in [5.74, 6) is -1.15. The molecule has 1 atom stereocenters. The van der Waals surface area contributed by atoms with Crippen molar-refractivity contribution in [2.45, 2.75) is 19.4 Å². The van der Waals surface area contributed by atoms with E-state index >= 15 is 0 Å². The Morgan fingerprint density at radius 2 is 1.91 bits per heavy atom. The van der Waals surface area contributed by atoms with Crippen LogP contribution in [-0.4, -0.2) is 67.2 Å². The molecule has 1 aliphatic rings. The first-order valence-corrected chi connectivity index (χ1v) is 7.92. The van der Waals surface area contributed by atoms with E-state index in [-0.39, 0.29) is 12.2 Å². The minimum absolute atomic E-state index is 0.0402. The molecule has 0 unspecified atom stereocenters. The molecule has 1 heterocycles. The Morgan fingerprint density at radius 1 is 1.26 bits per heavy atom. The Hall–Kier alpha value is -1.76. The van der Waals surface area contributed by atoms with Crippen molar-refractivity contribution in [1.29, 1.82) is 0 Å². The Labute approximate surface area is 136 Å². The van der Waals surface area contributed by atoms with E-state index in [2.05, 4.69) is 10.2 Å². The molecule has 126 valence electrons. The molecule has 0 amide bonds. The molecule has 0 aliphatic carbocycles. The molecule has 0 bridgehead atoms. The van der Waals surface area contributed by atoms with Crippen LogP contribution in [0.2, 0.25) is 0 Å². The van der Waals surface area contributed by atoms with Crippen LogP contribution in [0, 0.1) is 6.92 Å². The number of nitrogens with zero attached hydrogens (tertiary/aromatic N) is 1. The molecule has 1 aromatic carbocycles. The number of carbonyl (C=O) groups is 2. The maximum Gasteiger partial charge on any atom is 0.321 e. The van der Waals surface area contributed by atoms with Crippen LogP contribution in [0.1, 0.15) is 22.3 Å². The summed E-state index contributed by atoms with van der Waals surface area (Å²) in [5, 5.41) is 12.3. The number of carboxylic acids is 1. The number of aliphatic carboxylic acids is 1. The first kappa shape index (κ1) is 17.6. The molecule has 1 saturated heterocycles. The number of carboxylic acid groups (broad SMARTS) is 1. The van der Waals surface area contributed by atoms with Gasteiger partial charge in [-0.3, -0.25) is 14.5 Å². The van der Waals surface area contributed by atoms with E-state index in [0.29, 0.717) is 25.3 Å². The van der Waals surface area contributed by atoms with Crippen molar-refractivity contribution in [3.63, 3.8) is 0 Å². The highest BCUT2D eigenvalue weighted by molar-refractivity contribution is 5.98. The van der Waals surface area contributed by atoms with Crippen LogP contribution in [0.4, 0.5) is 0 Å². The van der Waals surface area contributed by atoms with Crippen molar-refractivity contribution >= 4 is 11.8 Å². The predicted molar refractivity (Wildman–Crippen MR) is 86.8 cm³/mol. The van der Waals surface area contributed by atoms with E-state index in [4.69, 9.17) is 4.74 Å². The molecule has 23 heavy (non-hydrogen) atoms. The lowest BCUT2D eigenvalue weighted by Gasteiger charge is -2.27. The molecule has 0 radical (unpaired) electrons. The lowest BCUT2D eigenvalue weighted by Crippen LogP contribution is -2.45. The monoisotopic (exact) mass is 320 g/mol. The number of nitrogens with one attached hydrogen (secondary N) is 1. The van der Waals surface area contributed by atoms with Gasteiger partial charge in [-0.15, -0.1) is 0 Å². The van der Waals surface area contributed by atoms with Crippen molar-refractivity contribution in [1.82, 2.24) is 10.2 Å². The van der Waals surface area contributed by atoms with Crippen molar-refractivity contribution in [3.8, 4) is 0 Å². The molecule has 2 rings (SSSR count). The van der Waals surface area contributed by atoms with Crippen molar-refractivity contribution < 1.29 is 19.4 Å². The second kappa shape index (κ2) is 8.76. The smallest absolute Gasteiger partial charge is 0.321 e. The highest BCUT2D eigenvalue weighted by Gasteiger charge is 2.21. The SMILES string of the molecule is Cc1ccc(C(=O)C[C@@H](NCCN2CCOCC2)C(=O)O)cc1. The summed E-state index contributed by atoms with van der Waals surface area (Å²) in [4.78, 5) is 25.8. The van der Waals surface area contributed by atoms with E-state index < -0.39 is 12.0 Å². The van der Waals surface area contributed by atoms with Crippen LogP contribution < -0.4 is 5.32 Å². The molecule has 2 N–H and O–H groups in total. The largest absolute Gasteiger partial charge is 0.480 e. The van der Waals surface area contributed by atoms with Gasteiger partial charge in [0.05, 0.1) is 13.2 Å². The van der Waals surface area contributed by atoms with E-state index in [9.17, 15) is 14.7 Å². The summed E-state index contributed by atoms with van der Waals surface area (Å²) in [5.41, 5.74) is 1.62. The fourth-order valence-corrected chi connectivity index (χ4v) is 2.51. The first-order chi connectivity index (χ1) is 11.1. The van der Waals surface area contributed by atoms with Crippen LogP contribution >= 0.6 is 0 Å². The molecule has 0 spiro atoms. The molecule has 1 aromatic rings. The second-order valence-corrected chi connectivity index (χ2v) is 5.79. The zero-order chi connectivity index (χ0) is 16.7. The molecule has 0 saturated carbocycles. The van der Waals surface area contributed by atoms with Gasteiger partial charge in [-0.25, -0.2) is 0 Å². The summed E-state index contributed by atoms with van der Waals surface area (Å²) in [6.45, 7) is 6.40. The highest BCUT2D eigenvalue weighted by atomic mass is 16.5. The lowest BCUT2D eigenvalue weighted by molar-refractivity contribution is -0.139. The summed E-state index contributed by atoms with van der Waals surface area (Å²) < 4.78 is 5.27. The Bertz CT molecular complexity index is 524. The zero-order valence-corrected chi connectivity index (χ0v) is 13.5. The summed E-state index contributed by atoms with van der Waals surface area (Å²) >= 11 is 0. The topological polar surface area (TPSA) is 78.9 Å². The molecule has 0 aromatic heterocycles. The van der Waals surface area contributed by atoms with Crippen LogP contribution in [0.3, 0.4) is 0 Å². The van der Waals surface area contributed by atoms with E-state index in [1.54, 1.807) is 12.1 Å². The van der Waals surface area contributed by atoms with Gasteiger partial charge in [-0.1, -0.05) is 29.8 Å². The number of Topliss-reactive ketones (excluding diaryl/α,β-unsaturated/α-hetero) is 1. The number of morpholine rings is 1. The molecular formula is C17H24N2O4. The van der Waals surface area contributed by atoms with Gasteiger partial charge in [0.15, 0.2) is 5.78 Å². The summed E-state index contributed by atoms with van der Waals surface area (Å²) in [6.07, 6.45) is -0.0402. The van der Waals surface area contributed by atoms with Crippen LogP contribution in [0.15, 0.2) is 24.3 Å². The number of aryl methyl sites for hydroxylation is 1. The molecular weight excluding hydrogens is 296 g/mol. The van der Waals surface area contributed by atoms with Gasteiger partial charge in [0.1, 0.15) is 6.04 Å². The number of hydrogen-bond acceptors (Lipinski definition) is 5. The second-order valence-electron chi connectivity index (χ2n) is 5.79. The Kier molecular flexibility index (Phi) is 6.70. The van der Waals surface area contributed by atoms with Gasteiger partial charge in [-0.2, -0.15) is 0 Å². The Morgan fingerprint density at radius 3 is 2.52 bits per heavy atom. The average Bonchev–Trinajstić information content (AvgIpc) is 2.55. The number of rotatable bonds is 8. The van der Waals surface area contributed by atoms with Crippen LogP contribution in [-0.2, 0) is 9.53 Å². The van der Waals surface area contributed by atoms with Crippen molar-refractivity contribution in [3.05, 3.63) is 35.4 Å². The fourth-order valence-electron chi connectivity index (χ4n) is 2.51. The Balaban J connectivity index is 1.81. The van der Waals surface area contributed by atoms with Gasteiger partial charge in [0, 0.05) is 38.2 Å². The minimum Gasteiger partial charge on any atom is -0.480 e. The molecule has 1 aliphatic heterocycles. The zero-order valence-electron chi connectivity index (χ0n) is 13.5. The maximum absolute atomic E-state index is 12.2. The van der Waals surface area contributed by atoms with Crippen molar-refractivity contribution in [2.75, 3.05) is 39.4 Å². The number of ketones is 1. The summed E-state index contributed by atoms with van der Waals surface area (Å²) in [6, 6.07) is 6.34. The maximum atomic E-state index is 12.2. The van der Waals surface area contributed by atoms with Gasteiger partial charge in [0.2, 0.25) is 0 Å². The number of benzene rings is 1. The average molecular weight is 320 g/mol. The van der Waals surface area contributed by atoms with Crippen LogP contribution in [0.25, 0.3) is 0 Å². The van der Waals surface area contributed by atoms with E-state index in [0.717, 1.165) is 25.2 Å². The molecule has 6 heteroatoms. The lowest BCUT2D eigenvalue weighted by atomic mass is 10.0. The van der Waals surface area contributed by atoms with E-state index in [1.807, 2.05) is 19.1 Å². The molecule has 6 nitrogen and oxygen atoms in total. The van der Waals surface area contributed by atoms with Gasteiger partial charge in [0.25, 0.3) is 0 Å². The number of hydrogen-bond donors (Lipinski definition) is 2. The van der Waals surface area contributed by atoms with Gasteiger partial charge < -0.3 is 15.2 Å². The third-order valence-corrected chi connectivity index (χ3v) is 3.98. The molecule has 1 fully saturated rings. The fraction of sp³-hybridized carbons (Fsp3) is 0.529. The number of ether oxygens (including phenoxy) is 1. The predicted octanol–water partition coefficient (Wildman–Crippen LogP) is 0.943.